The smallest absolute Gasteiger partial charge is 0.339 e. The third kappa shape index (κ3) is 5.23. The number of non-ortho nitro benzene ring substituents is 1. The number of primary sulfonamides is 1. The Bertz CT molecular complexity index is 1020. The second-order valence-electron chi connectivity index (χ2n) is 5.16. The number of ether oxygens (including phenoxy) is 1. The third-order valence-corrected chi connectivity index (χ3v) is 5.88. The van der Waals surface area contributed by atoms with Crippen LogP contribution in [0, 0.1) is 10.1 Å². The average Bonchev–Trinajstić information content (AvgIpc) is 3.06. The summed E-state index contributed by atoms with van der Waals surface area (Å²) in [4.78, 5) is 34.3. The topological polar surface area (TPSA) is 159 Å². The van der Waals surface area contributed by atoms with Crippen LogP contribution in [0.3, 0.4) is 0 Å². The number of benzene rings is 1. The molecule has 0 spiro atoms. The maximum absolute atomic E-state index is 12.1. The van der Waals surface area contributed by atoms with Gasteiger partial charge in [-0.25, -0.2) is 18.4 Å². The first kappa shape index (κ1) is 20.8. The van der Waals surface area contributed by atoms with Crippen molar-refractivity contribution >= 4 is 56.2 Å². The van der Waals surface area contributed by atoms with E-state index in [9.17, 15) is 28.1 Å². The summed E-state index contributed by atoms with van der Waals surface area (Å²) in [5, 5.41) is 19.4. The molecule has 3 N–H and O–H groups in total. The summed E-state index contributed by atoms with van der Waals surface area (Å²) < 4.78 is 27.2. The van der Waals surface area contributed by atoms with E-state index in [0.29, 0.717) is 0 Å². The van der Waals surface area contributed by atoms with Crippen molar-refractivity contribution in [2.45, 2.75) is 17.2 Å². The maximum atomic E-state index is 12.1. The van der Waals surface area contributed by atoms with Gasteiger partial charge in [-0.2, -0.15) is 0 Å². The number of esters is 1. The number of halogens is 1. The fourth-order valence-corrected chi connectivity index (χ4v) is 3.55. The summed E-state index contributed by atoms with van der Waals surface area (Å²) in [6.45, 7) is 1.27. The van der Waals surface area contributed by atoms with Crippen molar-refractivity contribution in [1.82, 2.24) is 0 Å². The Balaban J connectivity index is 2.07. The summed E-state index contributed by atoms with van der Waals surface area (Å²) >= 11 is 6.62. The van der Waals surface area contributed by atoms with E-state index >= 15 is 0 Å². The van der Waals surface area contributed by atoms with Crippen LogP contribution in [0.4, 0.5) is 11.4 Å². The minimum absolute atomic E-state index is 0.0224. The van der Waals surface area contributed by atoms with E-state index in [1.807, 2.05) is 0 Å². The molecule has 0 aliphatic heterocycles. The predicted molar refractivity (Wildman–Crippen MR) is 97.3 cm³/mol. The van der Waals surface area contributed by atoms with Gasteiger partial charge >= 0.3 is 5.97 Å². The Hall–Kier alpha value is -2.54. The molecule has 0 saturated carbocycles. The molecule has 0 bridgehead atoms. The lowest BCUT2D eigenvalue weighted by molar-refractivity contribution is -0.384. The Labute approximate surface area is 162 Å². The Kier molecular flexibility index (Phi) is 6.15. The first-order valence-electron chi connectivity index (χ1n) is 7.06. The van der Waals surface area contributed by atoms with E-state index in [-0.39, 0.29) is 26.2 Å². The number of nitrogens with one attached hydrogen (secondary N) is 1. The fraction of sp³-hybridized carbons (Fsp3) is 0.143. The highest BCUT2D eigenvalue weighted by Gasteiger charge is 2.23. The first-order valence-corrected chi connectivity index (χ1v) is 9.86. The van der Waals surface area contributed by atoms with Gasteiger partial charge in [0.15, 0.2) is 6.10 Å². The van der Waals surface area contributed by atoms with Crippen LogP contribution in [0.1, 0.15) is 17.3 Å². The molecule has 0 fully saturated rings. The van der Waals surface area contributed by atoms with Crippen LogP contribution < -0.4 is 10.5 Å². The zero-order chi connectivity index (χ0) is 20.4. The molecule has 0 aliphatic rings. The number of carbonyl (C=O) groups is 2. The number of rotatable bonds is 6. The van der Waals surface area contributed by atoms with Crippen molar-refractivity contribution in [1.29, 1.82) is 0 Å². The molecule has 144 valence electrons. The Morgan fingerprint density at radius 1 is 1.37 bits per heavy atom. The van der Waals surface area contributed by atoms with Crippen LogP contribution in [0.2, 0.25) is 5.02 Å². The molecule has 2 rings (SSSR count). The van der Waals surface area contributed by atoms with Gasteiger partial charge in [0, 0.05) is 17.5 Å². The van der Waals surface area contributed by atoms with Gasteiger partial charge in [0.2, 0.25) is 10.0 Å². The number of amides is 1. The van der Waals surface area contributed by atoms with Gasteiger partial charge in [-0.05, 0) is 19.1 Å². The number of hydrogen-bond donors (Lipinski definition) is 2. The third-order valence-electron chi connectivity index (χ3n) is 3.16. The summed E-state index contributed by atoms with van der Waals surface area (Å²) in [5.41, 5.74) is -0.393. The number of anilines is 1. The maximum Gasteiger partial charge on any atom is 0.339 e. The van der Waals surface area contributed by atoms with E-state index in [4.69, 9.17) is 21.5 Å². The van der Waals surface area contributed by atoms with E-state index in [2.05, 4.69) is 5.32 Å². The SMILES string of the molecule is CC(OC(=O)c1csc(S(N)(=O)=O)c1)C(=O)Nc1cc([N+](=O)[O-])ccc1Cl. The fourth-order valence-electron chi connectivity index (χ4n) is 1.81. The zero-order valence-electron chi connectivity index (χ0n) is 13.5. The summed E-state index contributed by atoms with van der Waals surface area (Å²) in [6.07, 6.45) is -1.29. The molecule has 1 aromatic carbocycles. The van der Waals surface area contributed by atoms with Gasteiger partial charge < -0.3 is 10.1 Å². The first-order chi connectivity index (χ1) is 12.5. The molecule has 13 heteroatoms. The highest BCUT2D eigenvalue weighted by molar-refractivity contribution is 7.91. The van der Waals surface area contributed by atoms with Crippen molar-refractivity contribution in [2.24, 2.45) is 5.14 Å². The van der Waals surface area contributed by atoms with Crippen molar-refractivity contribution in [3.8, 4) is 0 Å². The highest BCUT2D eigenvalue weighted by Crippen LogP contribution is 2.27. The van der Waals surface area contributed by atoms with Gasteiger partial charge in [-0.1, -0.05) is 11.6 Å². The van der Waals surface area contributed by atoms with Crippen molar-refractivity contribution in [3.63, 3.8) is 0 Å². The van der Waals surface area contributed by atoms with Crippen molar-refractivity contribution < 1.29 is 27.7 Å². The van der Waals surface area contributed by atoms with Gasteiger partial charge in [-0.15, -0.1) is 11.3 Å². The number of thiophene rings is 1. The molecule has 1 aromatic heterocycles. The summed E-state index contributed by atoms with van der Waals surface area (Å²) in [6, 6.07) is 4.50. The summed E-state index contributed by atoms with van der Waals surface area (Å²) in [5.74, 6) is -1.72. The summed E-state index contributed by atoms with van der Waals surface area (Å²) in [7, 11) is -3.96. The lowest BCUT2D eigenvalue weighted by Crippen LogP contribution is -2.30. The largest absolute Gasteiger partial charge is 0.449 e. The molecule has 0 radical (unpaired) electrons. The van der Waals surface area contributed by atoms with E-state index < -0.39 is 32.9 Å². The van der Waals surface area contributed by atoms with Gasteiger partial charge in [0.05, 0.1) is 21.2 Å². The van der Waals surface area contributed by atoms with Crippen LogP contribution in [0.25, 0.3) is 0 Å². The minimum atomic E-state index is -3.96. The number of carbonyl (C=O) groups excluding carboxylic acids is 2. The second kappa shape index (κ2) is 8.00. The highest BCUT2D eigenvalue weighted by atomic mass is 35.5. The van der Waals surface area contributed by atoms with Gasteiger partial charge in [0.1, 0.15) is 4.21 Å². The molecular formula is C14H12ClN3O7S2. The van der Waals surface area contributed by atoms with E-state index in [1.165, 1.54) is 24.4 Å². The van der Waals surface area contributed by atoms with E-state index in [0.717, 1.165) is 23.5 Å². The number of sulfonamides is 1. The van der Waals surface area contributed by atoms with Crippen LogP contribution >= 0.6 is 22.9 Å². The van der Waals surface area contributed by atoms with Crippen LogP contribution in [-0.4, -0.2) is 31.3 Å². The quantitative estimate of drug-likeness (QED) is 0.401. The van der Waals surface area contributed by atoms with Crippen LogP contribution in [0.15, 0.2) is 33.9 Å². The Morgan fingerprint density at radius 2 is 2.04 bits per heavy atom. The van der Waals surface area contributed by atoms with Crippen LogP contribution in [0.5, 0.6) is 0 Å². The molecule has 1 unspecified atom stereocenters. The normalized spacial score (nSPS) is 12.3. The number of nitro benzene ring substituents is 1. The second-order valence-corrected chi connectivity index (χ2v) is 8.26. The van der Waals surface area contributed by atoms with Crippen molar-refractivity contribution in [3.05, 3.63) is 50.3 Å². The van der Waals surface area contributed by atoms with Gasteiger partial charge in [-0.3, -0.25) is 14.9 Å². The number of nitrogens with zero attached hydrogens (tertiary/aromatic N) is 1. The molecule has 0 aliphatic carbocycles. The molecule has 1 atom stereocenters. The van der Waals surface area contributed by atoms with Gasteiger partial charge in [0.25, 0.3) is 11.6 Å². The number of nitrogens with two attached hydrogens (primary N) is 1. The molecule has 1 amide bonds. The number of hydrogen-bond acceptors (Lipinski definition) is 8. The minimum Gasteiger partial charge on any atom is -0.449 e. The molecule has 1 heterocycles. The zero-order valence-corrected chi connectivity index (χ0v) is 15.9. The molecule has 10 nitrogen and oxygen atoms in total. The molecular weight excluding hydrogens is 422 g/mol. The van der Waals surface area contributed by atoms with E-state index in [1.54, 1.807) is 0 Å². The van der Waals surface area contributed by atoms with Crippen LogP contribution in [-0.2, 0) is 19.6 Å². The Morgan fingerprint density at radius 3 is 2.59 bits per heavy atom. The monoisotopic (exact) mass is 433 g/mol. The van der Waals surface area contributed by atoms with Crippen molar-refractivity contribution in [2.75, 3.05) is 5.32 Å². The average molecular weight is 434 g/mol. The molecule has 2 aromatic rings. The lowest BCUT2D eigenvalue weighted by atomic mass is 10.2. The standard InChI is InChI=1S/C14H12ClN3O7S2/c1-7(25-14(20)8-4-12(26-6-8)27(16,23)24)13(19)17-11-5-9(18(21)22)2-3-10(11)15/h2-7H,1H3,(H,17,19)(H2,16,23,24). The lowest BCUT2D eigenvalue weighted by Gasteiger charge is -2.13. The molecule has 27 heavy (non-hydrogen) atoms. The number of nitro groups is 1. The molecule has 0 saturated heterocycles. The predicted octanol–water partition coefficient (Wildman–Crippen LogP) is 2.14.